The largest absolute Gasteiger partial charge is 0.489 e. The lowest BCUT2D eigenvalue weighted by atomic mass is 10.1. The highest BCUT2D eigenvalue weighted by atomic mass is 16.5. The van der Waals surface area contributed by atoms with Gasteiger partial charge in [-0.3, -0.25) is 20.2 Å². The first-order chi connectivity index (χ1) is 17.6. The molecule has 0 radical (unpaired) electrons. The van der Waals surface area contributed by atoms with Gasteiger partial charge >= 0.3 is 6.09 Å². The minimum Gasteiger partial charge on any atom is -0.489 e. The maximum atomic E-state index is 12.4. The molecular formula is C28H23N3O5. The first-order valence-corrected chi connectivity index (χ1v) is 11.4. The lowest BCUT2D eigenvalue weighted by Gasteiger charge is -2.09. The second-order valence-corrected chi connectivity index (χ2v) is 8.19. The van der Waals surface area contributed by atoms with Crippen LogP contribution in [0.1, 0.15) is 11.1 Å². The molecule has 3 amide bonds. The number of fused-ring (bicyclic) bond motifs is 1. The van der Waals surface area contributed by atoms with Crippen molar-refractivity contribution in [2.75, 3.05) is 11.9 Å². The van der Waals surface area contributed by atoms with E-state index in [0.717, 1.165) is 16.5 Å². The Labute approximate surface area is 207 Å². The van der Waals surface area contributed by atoms with Gasteiger partial charge in [-0.2, -0.15) is 0 Å². The van der Waals surface area contributed by atoms with Crippen LogP contribution >= 0.6 is 0 Å². The van der Waals surface area contributed by atoms with Gasteiger partial charge in [0.1, 0.15) is 19.0 Å². The molecule has 0 aliphatic carbocycles. The summed E-state index contributed by atoms with van der Waals surface area (Å²) in [4.78, 5) is 36.3. The summed E-state index contributed by atoms with van der Waals surface area (Å²) in [5.74, 6) is -0.268. The third-order valence-electron chi connectivity index (χ3n) is 5.73. The maximum absolute atomic E-state index is 12.4. The van der Waals surface area contributed by atoms with E-state index in [1.165, 1.54) is 6.08 Å². The van der Waals surface area contributed by atoms with Crippen LogP contribution in [0.15, 0.2) is 91.1 Å². The SMILES string of the molecule is O=C1C=C(c2cn(CCOC(=O)Nc3ccccc3)c3ccc(OCc4ccccc4)cc23)C(=O)N1. The number of hydrogen-bond donors (Lipinski definition) is 2. The number of imide groups is 1. The molecule has 2 N–H and O–H groups in total. The van der Waals surface area contributed by atoms with Gasteiger partial charge in [0.05, 0.1) is 12.1 Å². The Balaban J connectivity index is 1.36. The van der Waals surface area contributed by atoms with Crippen LogP contribution in [-0.4, -0.2) is 29.1 Å². The number of ether oxygens (including phenoxy) is 2. The molecule has 0 fully saturated rings. The Morgan fingerprint density at radius 3 is 2.42 bits per heavy atom. The maximum Gasteiger partial charge on any atom is 0.411 e. The zero-order valence-corrected chi connectivity index (χ0v) is 19.3. The Morgan fingerprint density at radius 2 is 1.69 bits per heavy atom. The molecule has 1 aromatic heterocycles. The number of amides is 3. The van der Waals surface area contributed by atoms with E-state index >= 15 is 0 Å². The standard InChI is InChI=1S/C28H23N3O5/c32-26-16-23(27(33)30-26)24-17-31(13-14-35-28(34)29-20-9-5-2-6-10-20)25-12-11-21(15-22(24)25)36-18-19-7-3-1-4-8-19/h1-12,15-17H,13-14,18H2,(H,29,34)(H,30,32,33). The second-order valence-electron chi connectivity index (χ2n) is 8.19. The van der Waals surface area contributed by atoms with E-state index in [0.29, 0.717) is 30.2 Å². The Hall–Kier alpha value is -4.85. The second kappa shape index (κ2) is 10.2. The minimum absolute atomic E-state index is 0.109. The number of carbonyl (C=O) groups is 3. The van der Waals surface area contributed by atoms with E-state index in [9.17, 15) is 14.4 Å². The van der Waals surface area contributed by atoms with Crippen LogP contribution in [-0.2, 0) is 27.5 Å². The average molecular weight is 482 g/mol. The molecule has 1 aliphatic rings. The molecule has 180 valence electrons. The number of aromatic nitrogens is 1. The molecule has 0 atom stereocenters. The molecule has 0 unspecified atom stereocenters. The molecule has 4 aromatic rings. The van der Waals surface area contributed by atoms with Gasteiger partial charge in [-0.15, -0.1) is 0 Å². The van der Waals surface area contributed by atoms with Gasteiger partial charge in [-0.1, -0.05) is 48.5 Å². The first kappa shape index (κ1) is 22.9. The molecule has 0 spiro atoms. The fourth-order valence-corrected chi connectivity index (χ4v) is 4.03. The van der Waals surface area contributed by atoms with Gasteiger partial charge < -0.3 is 14.0 Å². The van der Waals surface area contributed by atoms with Crippen LogP contribution in [0.3, 0.4) is 0 Å². The zero-order valence-electron chi connectivity index (χ0n) is 19.3. The number of nitrogens with one attached hydrogen (secondary N) is 2. The first-order valence-electron chi connectivity index (χ1n) is 11.4. The van der Waals surface area contributed by atoms with Crippen molar-refractivity contribution >= 4 is 40.1 Å². The summed E-state index contributed by atoms with van der Waals surface area (Å²) in [6.45, 7) is 0.860. The summed E-state index contributed by atoms with van der Waals surface area (Å²) in [6.07, 6.45) is 2.52. The Bertz CT molecular complexity index is 1460. The zero-order chi connectivity index (χ0) is 24.9. The summed E-state index contributed by atoms with van der Waals surface area (Å²) in [5, 5.41) is 5.72. The van der Waals surface area contributed by atoms with Gasteiger partial charge in [-0.25, -0.2) is 4.79 Å². The quantitative estimate of drug-likeness (QED) is 0.361. The summed E-state index contributed by atoms with van der Waals surface area (Å²) < 4.78 is 13.2. The molecule has 0 bridgehead atoms. The third kappa shape index (κ3) is 5.12. The van der Waals surface area contributed by atoms with E-state index < -0.39 is 17.9 Å². The number of benzene rings is 3. The number of rotatable bonds is 8. The number of nitrogens with zero attached hydrogens (tertiary/aromatic N) is 1. The van der Waals surface area contributed by atoms with Crippen molar-refractivity contribution < 1.29 is 23.9 Å². The Morgan fingerprint density at radius 1 is 0.944 bits per heavy atom. The van der Waals surface area contributed by atoms with Crippen molar-refractivity contribution in [1.82, 2.24) is 9.88 Å². The van der Waals surface area contributed by atoms with Crippen molar-refractivity contribution in [1.29, 1.82) is 0 Å². The van der Waals surface area contributed by atoms with Crippen LogP contribution in [0.25, 0.3) is 16.5 Å². The van der Waals surface area contributed by atoms with E-state index in [4.69, 9.17) is 9.47 Å². The van der Waals surface area contributed by atoms with Crippen molar-refractivity contribution in [2.24, 2.45) is 0 Å². The smallest absolute Gasteiger partial charge is 0.411 e. The van der Waals surface area contributed by atoms with Crippen molar-refractivity contribution in [3.63, 3.8) is 0 Å². The van der Waals surface area contributed by atoms with E-state index in [2.05, 4.69) is 10.6 Å². The van der Waals surface area contributed by atoms with E-state index in [1.807, 2.05) is 71.3 Å². The summed E-state index contributed by atoms with van der Waals surface area (Å²) >= 11 is 0. The normalized spacial score (nSPS) is 12.8. The van der Waals surface area contributed by atoms with Crippen molar-refractivity contribution in [2.45, 2.75) is 13.2 Å². The highest BCUT2D eigenvalue weighted by Crippen LogP contribution is 2.32. The van der Waals surface area contributed by atoms with Crippen molar-refractivity contribution in [3.8, 4) is 5.75 Å². The molecule has 5 rings (SSSR count). The van der Waals surface area contributed by atoms with Crippen LogP contribution in [0.5, 0.6) is 5.75 Å². The van der Waals surface area contributed by atoms with Crippen LogP contribution in [0.4, 0.5) is 10.5 Å². The molecule has 0 saturated carbocycles. The molecule has 3 aromatic carbocycles. The lowest BCUT2D eigenvalue weighted by molar-refractivity contribution is -0.123. The van der Waals surface area contributed by atoms with Gasteiger partial charge in [0.25, 0.3) is 11.8 Å². The van der Waals surface area contributed by atoms with Gasteiger partial charge in [0.15, 0.2) is 0 Å². The molecule has 36 heavy (non-hydrogen) atoms. The van der Waals surface area contributed by atoms with Gasteiger partial charge in [0.2, 0.25) is 0 Å². The molecule has 8 nitrogen and oxygen atoms in total. The van der Waals surface area contributed by atoms with Crippen LogP contribution in [0, 0.1) is 0 Å². The van der Waals surface area contributed by atoms with Gasteiger partial charge in [0, 0.05) is 34.4 Å². The number of hydrogen-bond acceptors (Lipinski definition) is 5. The molecule has 1 aliphatic heterocycles. The van der Waals surface area contributed by atoms with Crippen LogP contribution < -0.4 is 15.4 Å². The van der Waals surface area contributed by atoms with Gasteiger partial charge in [-0.05, 0) is 35.9 Å². The molecule has 8 heteroatoms. The monoisotopic (exact) mass is 481 g/mol. The summed E-state index contributed by atoms with van der Waals surface area (Å²) in [6, 6.07) is 24.4. The number of anilines is 1. The predicted molar refractivity (Wildman–Crippen MR) is 135 cm³/mol. The van der Waals surface area contributed by atoms with Crippen LogP contribution in [0.2, 0.25) is 0 Å². The lowest BCUT2D eigenvalue weighted by Crippen LogP contribution is -2.21. The Kier molecular flexibility index (Phi) is 6.48. The fourth-order valence-electron chi connectivity index (χ4n) is 4.03. The average Bonchev–Trinajstić information content (AvgIpc) is 3.42. The minimum atomic E-state index is -0.557. The summed E-state index contributed by atoms with van der Waals surface area (Å²) in [5.41, 5.74) is 3.38. The van der Waals surface area contributed by atoms with E-state index in [-0.39, 0.29) is 12.2 Å². The number of carbonyl (C=O) groups excluding carboxylic acids is 3. The highest BCUT2D eigenvalue weighted by molar-refractivity contribution is 6.35. The van der Waals surface area contributed by atoms with E-state index in [1.54, 1.807) is 18.3 Å². The third-order valence-corrected chi connectivity index (χ3v) is 5.73. The topological polar surface area (TPSA) is 98.7 Å². The fraction of sp³-hybridized carbons (Fsp3) is 0.107. The molecule has 0 saturated heterocycles. The summed E-state index contributed by atoms with van der Waals surface area (Å²) in [7, 11) is 0. The molecular weight excluding hydrogens is 458 g/mol. The highest BCUT2D eigenvalue weighted by Gasteiger charge is 2.25. The predicted octanol–water partition coefficient (Wildman–Crippen LogP) is 4.51. The molecule has 2 heterocycles. The van der Waals surface area contributed by atoms with Crippen molar-refractivity contribution in [3.05, 3.63) is 102 Å². The number of para-hydroxylation sites is 1.